The van der Waals surface area contributed by atoms with Crippen molar-refractivity contribution in [2.45, 2.75) is 6.42 Å². The van der Waals surface area contributed by atoms with Crippen LogP contribution in [0.4, 0.5) is 4.39 Å². The smallest absolute Gasteiger partial charge is 0.167 e. The van der Waals surface area contributed by atoms with Crippen molar-refractivity contribution in [3.63, 3.8) is 0 Å². The SMILES string of the molecule is O=C(Cc1ccc(Cl)c(Cl)c1)c1cccc(F)c1. The third-order valence-electron chi connectivity index (χ3n) is 2.50. The predicted octanol–water partition coefficient (Wildman–Crippen LogP) is 4.56. The van der Waals surface area contributed by atoms with Crippen LogP contribution in [0.3, 0.4) is 0 Å². The van der Waals surface area contributed by atoms with E-state index in [-0.39, 0.29) is 12.2 Å². The topological polar surface area (TPSA) is 17.1 Å². The minimum Gasteiger partial charge on any atom is -0.294 e. The molecule has 92 valence electrons. The molecule has 0 heterocycles. The molecule has 0 aromatic heterocycles. The summed E-state index contributed by atoms with van der Waals surface area (Å²) in [5, 5.41) is 0.847. The Morgan fingerprint density at radius 2 is 1.83 bits per heavy atom. The Labute approximate surface area is 114 Å². The van der Waals surface area contributed by atoms with Gasteiger partial charge in [0.05, 0.1) is 10.0 Å². The molecule has 2 aromatic rings. The van der Waals surface area contributed by atoms with Crippen LogP contribution in [0.2, 0.25) is 10.0 Å². The van der Waals surface area contributed by atoms with Crippen molar-refractivity contribution >= 4 is 29.0 Å². The summed E-state index contributed by atoms with van der Waals surface area (Å²) in [6, 6.07) is 10.6. The molecule has 0 unspecified atom stereocenters. The van der Waals surface area contributed by atoms with Crippen molar-refractivity contribution in [1.29, 1.82) is 0 Å². The highest BCUT2D eigenvalue weighted by Crippen LogP contribution is 2.23. The number of carbonyl (C=O) groups is 1. The van der Waals surface area contributed by atoms with Gasteiger partial charge in [-0.25, -0.2) is 4.39 Å². The van der Waals surface area contributed by atoms with E-state index in [2.05, 4.69) is 0 Å². The number of halogens is 3. The first-order chi connectivity index (χ1) is 8.56. The van der Waals surface area contributed by atoms with Crippen LogP contribution in [0, 0.1) is 5.82 Å². The maximum absolute atomic E-state index is 13.0. The van der Waals surface area contributed by atoms with Crippen LogP contribution in [0.15, 0.2) is 42.5 Å². The van der Waals surface area contributed by atoms with E-state index in [1.165, 1.54) is 18.2 Å². The quantitative estimate of drug-likeness (QED) is 0.755. The van der Waals surface area contributed by atoms with Crippen LogP contribution in [-0.4, -0.2) is 5.78 Å². The number of rotatable bonds is 3. The van der Waals surface area contributed by atoms with Gasteiger partial charge in [0.25, 0.3) is 0 Å². The molecule has 0 bridgehead atoms. The lowest BCUT2D eigenvalue weighted by Gasteiger charge is -2.03. The molecular formula is C14H9Cl2FO. The highest BCUT2D eigenvalue weighted by atomic mass is 35.5. The second-order valence-corrected chi connectivity index (χ2v) is 4.67. The van der Waals surface area contributed by atoms with E-state index in [0.717, 1.165) is 5.56 Å². The molecule has 2 rings (SSSR count). The molecule has 4 heteroatoms. The van der Waals surface area contributed by atoms with Crippen molar-refractivity contribution < 1.29 is 9.18 Å². The summed E-state index contributed by atoms with van der Waals surface area (Å²) in [7, 11) is 0. The van der Waals surface area contributed by atoms with E-state index in [4.69, 9.17) is 23.2 Å². The number of Topliss-reactive ketones (excluding diaryl/α,β-unsaturated/α-hetero) is 1. The predicted molar refractivity (Wildman–Crippen MR) is 70.9 cm³/mol. The molecule has 0 saturated carbocycles. The minimum absolute atomic E-state index is 0.159. The van der Waals surface area contributed by atoms with Gasteiger partial charge in [-0.15, -0.1) is 0 Å². The van der Waals surface area contributed by atoms with Gasteiger partial charge in [-0.2, -0.15) is 0 Å². The Hall–Kier alpha value is -1.38. The third-order valence-corrected chi connectivity index (χ3v) is 3.23. The standard InChI is InChI=1S/C14H9Cl2FO/c15-12-5-4-9(6-13(12)16)7-14(18)10-2-1-3-11(17)8-10/h1-6,8H,7H2. The molecule has 0 atom stereocenters. The van der Waals surface area contributed by atoms with E-state index in [0.29, 0.717) is 15.6 Å². The summed E-state index contributed by atoms with van der Waals surface area (Å²) in [4.78, 5) is 11.9. The number of hydrogen-bond acceptors (Lipinski definition) is 1. The van der Waals surface area contributed by atoms with Gasteiger partial charge < -0.3 is 0 Å². The molecule has 0 aliphatic carbocycles. The molecule has 0 aliphatic rings. The van der Waals surface area contributed by atoms with E-state index in [1.54, 1.807) is 24.3 Å². The van der Waals surface area contributed by atoms with Crippen molar-refractivity contribution in [1.82, 2.24) is 0 Å². The lowest BCUT2D eigenvalue weighted by Crippen LogP contribution is -2.03. The Morgan fingerprint density at radius 1 is 1.06 bits per heavy atom. The third kappa shape index (κ3) is 3.09. The van der Waals surface area contributed by atoms with Crippen LogP contribution >= 0.6 is 23.2 Å². The zero-order chi connectivity index (χ0) is 13.1. The summed E-state index contributed by atoms with van der Waals surface area (Å²) in [5.74, 6) is -0.581. The lowest BCUT2D eigenvalue weighted by molar-refractivity contribution is 0.0992. The van der Waals surface area contributed by atoms with Crippen LogP contribution in [0.5, 0.6) is 0 Å². The van der Waals surface area contributed by atoms with Gasteiger partial charge >= 0.3 is 0 Å². The van der Waals surface area contributed by atoms with Gasteiger partial charge in [0.15, 0.2) is 5.78 Å². The first kappa shape index (κ1) is 13.1. The fourth-order valence-electron chi connectivity index (χ4n) is 1.60. The number of ketones is 1. The molecule has 0 amide bonds. The molecule has 0 fully saturated rings. The second kappa shape index (κ2) is 5.51. The van der Waals surface area contributed by atoms with Crippen LogP contribution in [0.25, 0.3) is 0 Å². The minimum atomic E-state index is -0.421. The first-order valence-corrected chi connectivity index (χ1v) is 6.04. The summed E-state index contributed by atoms with van der Waals surface area (Å²) in [6.07, 6.45) is 0.167. The Morgan fingerprint density at radius 3 is 2.50 bits per heavy atom. The van der Waals surface area contributed by atoms with Gasteiger partial charge in [0.2, 0.25) is 0 Å². The Kier molecular flexibility index (Phi) is 4.00. The molecule has 0 radical (unpaired) electrons. The largest absolute Gasteiger partial charge is 0.294 e. The molecule has 0 spiro atoms. The van der Waals surface area contributed by atoms with E-state index in [9.17, 15) is 9.18 Å². The monoisotopic (exact) mass is 282 g/mol. The molecule has 0 aliphatic heterocycles. The maximum atomic E-state index is 13.0. The maximum Gasteiger partial charge on any atom is 0.167 e. The van der Waals surface area contributed by atoms with Crippen molar-refractivity contribution in [3.05, 3.63) is 69.5 Å². The van der Waals surface area contributed by atoms with Gasteiger partial charge in [0, 0.05) is 12.0 Å². The van der Waals surface area contributed by atoms with E-state index >= 15 is 0 Å². The Bertz CT molecular complexity index is 596. The average molecular weight is 283 g/mol. The van der Waals surface area contributed by atoms with Gasteiger partial charge in [0.1, 0.15) is 5.82 Å². The fraction of sp³-hybridized carbons (Fsp3) is 0.0714. The molecular weight excluding hydrogens is 274 g/mol. The summed E-state index contributed by atoms with van der Waals surface area (Å²) in [6.45, 7) is 0. The van der Waals surface area contributed by atoms with E-state index < -0.39 is 5.82 Å². The van der Waals surface area contributed by atoms with Crippen molar-refractivity contribution in [2.24, 2.45) is 0 Å². The van der Waals surface area contributed by atoms with Crippen LogP contribution < -0.4 is 0 Å². The highest BCUT2D eigenvalue weighted by molar-refractivity contribution is 6.42. The number of hydrogen-bond donors (Lipinski definition) is 0. The van der Waals surface area contributed by atoms with Crippen LogP contribution in [-0.2, 0) is 6.42 Å². The first-order valence-electron chi connectivity index (χ1n) is 5.29. The zero-order valence-electron chi connectivity index (χ0n) is 9.29. The van der Waals surface area contributed by atoms with Gasteiger partial charge in [-0.3, -0.25) is 4.79 Å². The molecule has 0 saturated heterocycles. The number of benzene rings is 2. The fourth-order valence-corrected chi connectivity index (χ4v) is 1.92. The van der Waals surface area contributed by atoms with Gasteiger partial charge in [-0.05, 0) is 29.8 Å². The highest BCUT2D eigenvalue weighted by Gasteiger charge is 2.09. The lowest BCUT2D eigenvalue weighted by atomic mass is 10.0. The zero-order valence-corrected chi connectivity index (χ0v) is 10.8. The molecule has 2 aromatic carbocycles. The second-order valence-electron chi connectivity index (χ2n) is 3.86. The van der Waals surface area contributed by atoms with Crippen molar-refractivity contribution in [2.75, 3.05) is 0 Å². The summed E-state index contributed by atoms with van der Waals surface area (Å²) in [5.41, 5.74) is 1.10. The molecule has 1 nitrogen and oxygen atoms in total. The average Bonchev–Trinajstić information content (AvgIpc) is 2.34. The normalized spacial score (nSPS) is 10.4. The van der Waals surface area contributed by atoms with E-state index in [1.807, 2.05) is 0 Å². The van der Waals surface area contributed by atoms with Gasteiger partial charge in [-0.1, -0.05) is 41.4 Å². The molecule has 18 heavy (non-hydrogen) atoms. The molecule has 0 N–H and O–H groups in total. The number of carbonyl (C=O) groups excluding carboxylic acids is 1. The van der Waals surface area contributed by atoms with Crippen molar-refractivity contribution in [3.8, 4) is 0 Å². The Balaban J connectivity index is 2.18. The van der Waals surface area contributed by atoms with Crippen LogP contribution in [0.1, 0.15) is 15.9 Å². The summed E-state index contributed by atoms with van der Waals surface area (Å²) >= 11 is 11.7. The summed E-state index contributed by atoms with van der Waals surface area (Å²) < 4.78 is 13.0.